The number of benzene rings is 2. The molecule has 3 heterocycles. The number of anilines is 3. The van der Waals surface area contributed by atoms with Crippen LogP contribution in [0.25, 0.3) is 11.3 Å². The van der Waals surface area contributed by atoms with Crippen molar-refractivity contribution in [2.75, 3.05) is 37.3 Å². The number of likely N-dealkylation sites (N-methyl/N-ethyl adjacent to an activating group) is 2. The highest BCUT2D eigenvalue weighted by molar-refractivity contribution is 7.14. The lowest BCUT2D eigenvalue weighted by molar-refractivity contribution is -0.140. The SMILES string of the molecule is CCN1CCN(C)C(=O)C1c1ccc(Nc2nc(-c3ccc(F)c(NC(=O)c4cc5c(s4)CCCC5)c3)cn(C)c2=O)cc1. The van der Waals surface area contributed by atoms with Crippen molar-refractivity contribution in [1.82, 2.24) is 19.4 Å². The van der Waals surface area contributed by atoms with Gasteiger partial charge in [0.1, 0.15) is 11.9 Å². The normalized spacial score (nSPS) is 17.0. The van der Waals surface area contributed by atoms with Gasteiger partial charge in [-0.25, -0.2) is 9.37 Å². The number of fused-ring (bicyclic) bond motifs is 1. The number of hydrogen-bond donors (Lipinski definition) is 2. The first-order valence-electron chi connectivity index (χ1n) is 14.9. The number of nitrogens with one attached hydrogen (secondary N) is 2. The third kappa shape index (κ3) is 5.89. The summed E-state index contributed by atoms with van der Waals surface area (Å²) in [5.41, 5.74) is 3.42. The zero-order valence-electron chi connectivity index (χ0n) is 25.0. The van der Waals surface area contributed by atoms with Gasteiger partial charge < -0.3 is 20.1 Å². The van der Waals surface area contributed by atoms with Gasteiger partial charge in [-0.3, -0.25) is 19.3 Å². The molecule has 4 aromatic rings. The van der Waals surface area contributed by atoms with Gasteiger partial charge in [-0.15, -0.1) is 11.3 Å². The van der Waals surface area contributed by atoms with Gasteiger partial charge >= 0.3 is 0 Å². The quantitative estimate of drug-likeness (QED) is 0.291. The minimum Gasteiger partial charge on any atom is -0.343 e. The number of piperazine rings is 1. The molecule has 11 heteroatoms. The molecule has 44 heavy (non-hydrogen) atoms. The number of halogens is 1. The van der Waals surface area contributed by atoms with Crippen molar-refractivity contribution in [3.63, 3.8) is 0 Å². The van der Waals surface area contributed by atoms with E-state index in [0.29, 0.717) is 28.4 Å². The van der Waals surface area contributed by atoms with E-state index in [4.69, 9.17) is 0 Å². The predicted molar refractivity (Wildman–Crippen MR) is 171 cm³/mol. The van der Waals surface area contributed by atoms with Crippen LogP contribution in [0.5, 0.6) is 0 Å². The van der Waals surface area contributed by atoms with E-state index >= 15 is 0 Å². The molecule has 0 bridgehead atoms. The van der Waals surface area contributed by atoms with Gasteiger partial charge in [0.2, 0.25) is 5.91 Å². The Labute approximate surface area is 259 Å². The summed E-state index contributed by atoms with van der Waals surface area (Å²) in [6, 6.07) is 13.4. The van der Waals surface area contributed by atoms with Gasteiger partial charge in [-0.1, -0.05) is 19.1 Å². The maximum atomic E-state index is 14.8. The van der Waals surface area contributed by atoms with Crippen molar-refractivity contribution < 1.29 is 14.0 Å². The molecular weight excluding hydrogens is 579 g/mol. The maximum absolute atomic E-state index is 14.8. The van der Waals surface area contributed by atoms with Crippen molar-refractivity contribution >= 4 is 40.3 Å². The largest absolute Gasteiger partial charge is 0.343 e. The summed E-state index contributed by atoms with van der Waals surface area (Å²) in [6.45, 7) is 4.32. The summed E-state index contributed by atoms with van der Waals surface area (Å²) in [6.07, 6.45) is 5.76. The van der Waals surface area contributed by atoms with Crippen LogP contribution in [0.1, 0.15) is 51.5 Å². The Morgan fingerprint density at radius 2 is 1.82 bits per heavy atom. The number of nitrogens with zero attached hydrogens (tertiary/aromatic N) is 4. The van der Waals surface area contributed by atoms with E-state index in [2.05, 4.69) is 20.5 Å². The van der Waals surface area contributed by atoms with Crippen molar-refractivity contribution in [3.8, 4) is 11.3 Å². The van der Waals surface area contributed by atoms with Crippen LogP contribution in [0.3, 0.4) is 0 Å². The molecule has 2 amide bonds. The minimum absolute atomic E-state index is 0.0450. The molecular formula is C33H35FN6O3S. The first kappa shape index (κ1) is 29.7. The van der Waals surface area contributed by atoms with E-state index in [1.807, 2.05) is 44.3 Å². The molecule has 228 valence electrons. The number of aromatic nitrogens is 2. The molecule has 2 aliphatic rings. The van der Waals surface area contributed by atoms with E-state index in [9.17, 15) is 18.8 Å². The van der Waals surface area contributed by atoms with Gasteiger partial charge in [0.25, 0.3) is 11.5 Å². The summed E-state index contributed by atoms with van der Waals surface area (Å²) in [4.78, 5) is 49.2. The third-order valence-corrected chi connectivity index (χ3v) is 9.63. The van der Waals surface area contributed by atoms with Crippen LogP contribution in [-0.2, 0) is 24.7 Å². The molecule has 2 aromatic heterocycles. The number of amides is 2. The zero-order valence-corrected chi connectivity index (χ0v) is 25.8. The van der Waals surface area contributed by atoms with Crippen molar-refractivity contribution in [2.45, 2.75) is 38.6 Å². The van der Waals surface area contributed by atoms with Crippen LogP contribution in [0.2, 0.25) is 0 Å². The summed E-state index contributed by atoms with van der Waals surface area (Å²) in [7, 11) is 3.44. The van der Waals surface area contributed by atoms with Crippen LogP contribution in [0.4, 0.5) is 21.6 Å². The van der Waals surface area contributed by atoms with E-state index in [-0.39, 0.29) is 34.9 Å². The van der Waals surface area contributed by atoms with Crippen molar-refractivity contribution in [1.29, 1.82) is 0 Å². The lowest BCUT2D eigenvalue weighted by Gasteiger charge is -2.38. The lowest BCUT2D eigenvalue weighted by Crippen LogP contribution is -2.50. The van der Waals surface area contributed by atoms with Gasteiger partial charge in [-0.2, -0.15) is 0 Å². The summed E-state index contributed by atoms with van der Waals surface area (Å²) in [5, 5.41) is 5.83. The van der Waals surface area contributed by atoms with Crippen LogP contribution in [0, 0.1) is 5.82 Å². The van der Waals surface area contributed by atoms with Crippen LogP contribution in [-0.4, -0.2) is 57.8 Å². The molecule has 1 aliphatic heterocycles. The monoisotopic (exact) mass is 614 g/mol. The fraction of sp³-hybridized carbons (Fsp3) is 0.333. The van der Waals surface area contributed by atoms with Crippen LogP contribution < -0.4 is 16.2 Å². The molecule has 0 saturated carbocycles. The fourth-order valence-corrected chi connectivity index (χ4v) is 7.00. The average Bonchev–Trinajstić information content (AvgIpc) is 3.47. The molecule has 1 aliphatic carbocycles. The summed E-state index contributed by atoms with van der Waals surface area (Å²) in [5.74, 6) is -0.744. The Hall–Kier alpha value is -4.35. The number of hydrogen-bond acceptors (Lipinski definition) is 7. The van der Waals surface area contributed by atoms with Crippen LogP contribution >= 0.6 is 11.3 Å². The first-order chi connectivity index (χ1) is 21.2. The molecule has 9 nitrogen and oxygen atoms in total. The number of aryl methyl sites for hydroxylation is 3. The zero-order chi connectivity index (χ0) is 31.0. The molecule has 6 rings (SSSR count). The van der Waals surface area contributed by atoms with E-state index in [1.165, 1.54) is 38.5 Å². The predicted octanol–water partition coefficient (Wildman–Crippen LogP) is 5.36. The summed E-state index contributed by atoms with van der Waals surface area (Å²) < 4.78 is 16.2. The highest BCUT2D eigenvalue weighted by Gasteiger charge is 2.33. The second-order valence-corrected chi connectivity index (χ2v) is 12.5. The number of rotatable bonds is 7. The highest BCUT2D eigenvalue weighted by atomic mass is 32.1. The van der Waals surface area contributed by atoms with E-state index in [0.717, 1.165) is 44.3 Å². The molecule has 0 radical (unpaired) electrons. The lowest BCUT2D eigenvalue weighted by atomic mass is 9.99. The second-order valence-electron chi connectivity index (χ2n) is 11.3. The van der Waals surface area contributed by atoms with E-state index in [1.54, 1.807) is 24.2 Å². The molecule has 0 spiro atoms. The molecule has 2 aromatic carbocycles. The Balaban J connectivity index is 1.23. The third-order valence-electron chi connectivity index (χ3n) is 8.40. The van der Waals surface area contributed by atoms with Gasteiger partial charge in [-0.05, 0) is 79.8 Å². The number of thiophene rings is 1. The molecule has 1 atom stereocenters. The number of carbonyl (C=O) groups excluding carboxylic acids is 2. The highest BCUT2D eigenvalue weighted by Crippen LogP contribution is 2.32. The Bertz CT molecular complexity index is 1760. The fourth-order valence-electron chi connectivity index (χ4n) is 5.86. The molecule has 1 unspecified atom stereocenters. The minimum atomic E-state index is -0.559. The standard InChI is InChI=1S/C33H35FN6O3S/c1-4-40-16-15-38(2)32(42)29(40)20-9-12-23(13-10-20)35-30-33(43)39(3)19-26(36-30)21-11-14-24(34)25(17-21)37-31(41)28-18-22-7-5-6-8-27(22)44-28/h9-14,17-19,29H,4-8,15-16H2,1-3H3,(H,35,36)(H,37,41). The van der Waals surface area contributed by atoms with Gasteiger partial charge in [0, 0.05) is 49.5 Å². The molecule has 1 saturated heterocycles. The number of carbonyl (C=O) groups is 2. The topological polar surface area (TPSA) is 99.6 Å². The Morgan fingerprint density at radius 1 is 1.05 bits per heavy atom. The Morgan fingerprint density at radius 3 is 2.57 bits per heavy atom. The Kier molecular flexibility index (Phi) is 8.33. The van der Waals surface area contributed by atoms with Crippen molar-refractivity contribution in [2.24, 2.45) is 7.05 Å². The van der Waals surface area contributed by atoms with Gasteiger partial charge in [0.15, 0.2) is 5.82 Å². The molecule has 2 N–H and O–H groups in total. The smallest absolute Gasteiger partial charge is 0.293 e. The van der Waals surface area contributed by atoms with Gasteiger partial charge in [0.05, 0.1) is 16.3 Å². The van der Waals surface area contributed by atoms with E-state index < -0.39 is 5.82 Å². The van der Waals surface area contributed by atoms with Crippen LogP contribution in [0.15, 0.2) is 59.5 Å². The first-order valence-corrected chi connectivity index (χ1v) is 15.7. The van der Waals surface area contributed by atoms with Crippen molar-refractivity contribution in [3.05, 3.63) is 91.8 Å². The molecule has 1 fully saturated rings. The summed E-state index contributed by atoms with van der Waals surface area (Å²) >= 11 is 1.47. The maximum Gasteiger partial charge on any atom is 0.293 e. The average molecular weight is 615 g/mol. The second kappa shape index (κ2) is 12.3.